The van der Waals surface area contributed by atoms with Gasteiger partial charge in [-0.15, -0.1) is 0 Å². The maximum atomic E-state index is 5.85. The molecule has 2 N–H and O–H groups in total. The SMILES string of the molecule is CC(N)CCN1CC2CCCCN2CC1C. The number of fused-ring (bicyclic) bond motifs is 1. The van der Waals surface area contributed by atoms with Crippen LogP contribution in [0, 0.1) is 0 Å². The predicted octanol–water partition coefficient (Wildman–Crippen LogP) is 1.28. The predicted molar refractivity (Wildman–Crippen MR) is 68.5 cm³/mol. The van der Waals surface area contributed by atoms with E-state index in [1.807, 2.05) is 0 Å². The fourth-order valence-corrected chi connectivity index (χ4v) is 3.09. The lowest BCUT2D eigenvalue weighted by Gasteiger charge is -2.47. The molecule has 0 radical (unpaired) electrons. The van der Waals surface area contributed by atoms with Crippen LogP contribution in [0.1, 0.15) is 39.5 Å². The number of nitrogens with zero attached hydrogens (tertiary/aromatic N) is 2. The van der Waals surface area contributed by atoms with Crippen LogP contribution in [0.4, 0.5) is 0 Å². The molecule has 2 aliphatic rings. The molecule has 0 aromatic carbocycles. The lowest BCUT2D eigenvalue weighted by molar-refractivity contribution is 0.0143. The Hall–Kier alpha value is -0.120. The molecule has 2 rings (SSSR count). The van der Waals surface area contributed by atoms with Crippen molar-refractivity contribution in [1.29, 1.82) is 0 Å². The Labute approximate surface area is 100.0 Å². The van der Waals surface area contributed by atoms with Crippen LogP contribution in [0.15, 0.2) is 0 Å². The highest BCUT2D eigenvalue weighted by Crippen LogP contribution is 2.23. The van der Waals surface area contributed by atoms with Crippen molar-refractivity contribution in [2.24, 2.45) is 5.73 Å². The minimum atomic E-state index is 0.344. The van der Waals surface area contributed by atoms with Crippen molar-refractivity contribution in [1.82, 2.24) is 9.80 Å². The minimum absolute atomic E-state index is 0.344. The van der Waals surface area contributed by atoms with Crippen LogP contribution >= 0.6 is 0 Å². The molecule has 3 nitrogen and oxygen atoms in total. The fraction of sp³-hybridized carbons (Fsp3) is 1.00. The first-order valence-corrected chi connectivity index (χ1v) is 6.90. The van der Waals surface area contributed by atoms with Gasteiger partial charge in [0.2, 0.25) is 0 Å². The Morgan fingerprint density at radius 3 is 2.88 bits per heavy atom. The van der Waals surface area contributed by atoms with Gasteiger partial charge in [-0.25, -0.2) is 0 Å². The summed E-state index contributed by atoms with van der Waals surface area (Å²) < 4.78 is 0. The molecule has 3 unspecified atom stereocenters. The van der Waals surface area contributed by atoms with Gasteiger partial charge >= 0.3 is 0 Å². The molecule has 0 amide bonds. The van der Waals surface area contributed by atoms with Gasteiger partial charge in [0.05, 0.1) is 0 Å². The van der Waals surface area contributed by atoms with Crippen molar-refractivity contribution in [3.05, 3.63) is 0 Å². The van der Waals surface area contributed by atoms with E-state index in [1.165, 1.54) is 45.4 Å². The van der Waals surface area contributed by atoms with Crippen LogP contribution < -0.4 is 5.73 Å². The minimum Gasteiger partial charge on any atom is -0.328 e. The summed E-state index contributed by atoms with van der Waals surface area (Å²) in [7, 11) is 0. The highest BCUT2D eigenvalue weighted by Gasteiger charge is 2.32. The van der Waals surface area contributed by atoms with Crippen LogP contribution in [0.3, 0.4) is 0 Å². The Morgan fingerprint density at radius 1 is 1.31 bits per heavy atom. The highest BCUT2D eigenvalue weighted by atomic mass is 15.3. The monoisotopic (exact) mass is 225 g/mol. The van der Waals surface area contributed by atoms with Crippen LogP contribution in [0.25, 0.3) is 0 Å². The van der Waals surface area contributed by atoms with E-state index >= 15 is 0 Å². The van der Waals surface area contributed by atoms with Gasteiger partial charge < -0.3 is 5.73 Å². The summed E-state index contributed by atoms with van der Waals surface area (Å²) in [6.45, 7) is 9.53. The Morgan fingerprint density at radius 2 is 2.12 bits per heavy atom. The van der Waals surface area contributed by atoms with Crippen LogP contribution in [0.5, 0.6) is 0 Å². The molecular formula is C13H27N3. The average Bonchev–Trinajstić information content (AvgIpc) is 2.26. The van der Waals surface area contributed by atoms with Crippen molar-refractivity contribution in [2.45, 2.75) is 57.7 Å². The lowest BCUT2D eigenvalue weighted by Crippen LogP contribution is -2.58. The summed E-state index contributed by atoms with van der Waals surface area (Å²) in [6, 6.07) is 1.89. The molecule has 0 aliphatic carbocycles. The molecule has 94 valence electrons. The second kappa shape index (κ2) is 5.48. The molecule has 0 spiro atoms. The third kappa shape index (κ3) is 2.96. The molecular weight excluding hydrogens is 198 g/mol. The molecule has 0 bridgehead atoms. The van der Waals surface area contributed by atoms with Gasteiger partial charge in [-0.05, 0) is 46.2 Å². The molecule has 2 fully saturated rings. The van der Waals surface area contributed by atoms with Crippen LogP contribution in [-0.2, 0) is 0 Å². The van der Waals surface area contributed by atoms with Gasteiger partial charge in [0.15, 0.2) is 0 Å². The van der Waals surface area contributed by atoms with Crippen LogP contribution in [0.2, 0.25) is 0 Å². The molecule has 2 saturated heterocycles. The largest absolute Gasteiger partial charge is 0.328 e. The third-order valence-electron chi connectivity index (χ3n) is 4.19. The summed E-state index contributed by atoms with van der Waals surface area (Å²) in [5, 5.41) is 0. The molecule has 2 heterocycles. The average molecular weight is 225 g/mol. The van der Waals surface area contributed by atoms with Crippen molar-refractivity contribution in [3.63, 3.8) is 0 Å². The summed E-state index contributed by atoms with van der Waals surface area (Å²) in [5.41, 5.74) is 5.85. The first-order chi connectivity index (χ1) is 7.66. The van der Waals surface area contributed by atoms with Gasteiger partial charge in [-0.3, -0.25) is 9.80 Å². The van der Waals surface area contributed by atoms with E-state index < -0.39 is 0 Å². The quantitative estimate of drug-likeness (QED) is 0.785. The van der Waals surface area contributed by atoms with Crippen molar-refractivity contribution in [2.75, 3.05) is 26.2 Å². The molecule has 0 aromatic heterocycles. The number of piperidine rings is 1. The molecule has 3 atom stereocenters. The second-order valence-corrected chi connectivity index (χ2v) is 5.75. The molecule has 0 saturated carbocycles. The van der Waals surface area contributed by atoms with Crippen molar-refractivity contribution in [3.8, 4) is 0 Å². The Balaban J connectivity index is 1.85. The molecule has 3 heteroatoms. The van der Waals surface area contributed by atoms with Crippen molar-refractivity contribution >= 4 is 0 Å². The zero-order valence-corrected chi connectivity index (χ0v) is 10.9. The zero-order chi connectivity index (χ0) is 11.5. The Kier molecular flexibility index (Phi) is 4.22. The first kappa shape index (κ1) is 12.3. The van der Waals surface area contributed by atoms with E-state index in [0.29, 0.717) is 12.1 Å². The number of hydrogen-bond donors (Lipinski definition) is 1. The maximum absolute atomic E-state index is 5.85. The van der Waals surface area contributed by atoms with Gasteiger partial charge in [0.25, 0.3) is 0 Å². The normalized spacial score (nSPS) is 34.7. The van der Waals surface area contributed by atoms with Gasteiger partial charge in [0, 0.05) is 31.2 Å². The van der Waals surface area contributed by atoms with E-state index in [1.54, 1.807) is 0 Å². The van der Waals surface area contributed by atoms with Crippen molar-refractivity contribution < 1.29 is 0 Å². The van der Waals surface area contributed by atoms with E-state index in [9.17, 15) is 0 Å². The summed E-state index contributed by atoms with van der Waals surface area (Å²) in [4.78, 5) is 5.35. The maximum Gasteiger partial charge on any atom is 0.0223 e. The number of nitrogens with two attached hydrogens (primary N) is 1. The standard InChI is InChI=1S/C13H27N3/c1-11(14)6-8-15-10-13-5-3-4-7-16(13)9-12(15)2/h11-13H,3-10,14H2,1-2H3. The van der Waals surface area contributed by atoms with Gasteiger partial charge in [-0.2, -0.15) is 0 Å². The highest BCUT2D eigenvalue weighted by molar-refractivity contribution is 4.89. The van der Waals surface area contributed by atoms with E-state index in [0.717, 1.165) is 12.5 Å². The Bertz CT molecular complexity index is 217. The zero-order valence-electron chi connectivity index (χ0n) is 10.9. The van der Waals surface area contributed by atoms with Gasteiger partial charge in [0.1, 0.15) is 0 Å². The number of rotatable bonds is 3. The summed E-state index contributed by atoms with van der Waals surface area (Å²) >= 11 is 0. The van der Waals surface area contributed by atoms with E-state index in [4.69, 9.17) is 5.73 Å². The smallest absolute Gasteiger partial charge is 0.0223 e. The third-order valence-corrected chi connectivity index (χ3v) is 4.19. The number of hydrogen-bond acceptors (Lipinski definition) is 3. The summed E-state index contributed by atoms with van der Waals surface area (Å²) in [5.74, 6) is 0. The fourth-order valence-electron chi connectivity index (χ4n) is 3.09. The topological polar surface area (TPSA) is 32.5 Å². The molecule has 0 aromatic rings. The van der Waals surface area contributed by atoms with Crippen LogP contribution in [-0.4, -0.2) is 54.1 Å². The summed E-state index contributed by atoms with van der Waals surface area (Å²) in [6.07, 6.45) is 5.37. The van der Waals surface area contributed by atoms with E-state index in [-0.39, 0.29) is 0 Å². The lowest BCUT2D eigenvalue weighted by atomic mass is 9.97. The first-order valence-electron chi connectivity index (χ1n) is 6.90. The molecule has 16 heavy (non-hydrogen) atoms. The van der Waals surface area contributed by atoms with Gasteiger partial charge in [-0.1, -0.05) is 6.42 Å². The molecule has 2 aliphatic heterocycles. The number of piperazine rings is 1. The second-order valence-electron chi connectivity index (χ2n) is 5.75. The van der Waals surface area contributed by atoms with E-state index in [2.05, 4.69) is 23.6 Å².